The third kappa shape index (κ3) is 6.57. The molecule has 2 saturated heterocycles. The van der Waals surface area contributed by atoms with Gasteiger partial charge in [0.2, 0.25) is 5.91 Å². The van der Waals surface area contributed by atoms with Gasteiger partial charge in [0.1, 0.15) is 5.82 Å². The molecule has 0 bridgehead atoms. The van der Waals surface area contributed by atoms with E-state index < -0.39 is 11.8 Å². The van der Waals surface area contributed by atoms with Crippen molar-refractivity contribution in [1.29, 1.82) is 0 Å². The fourth-order valence-electron chi connectivity index (χ4n) is 6.48. The van der Waals surface area contributed by atoms with E-state index in [9.17, 15) is 19.5 Å². The molecule has 3 fully saturated rings. The zero-order valence-corrected chi connectivity index (χ0v) is 25.3. The number of carbonyl (C=O) groups is 3. The van der Waals surface area contributed by atoms with Gasteiger partial charge in [-0.25, -0.2) is 4.39 Å². The van der Waals surface area contributed by atoms with Crippen LogP contribution in [0.4, 0.5) is 10.1 Å². The van der Waals surface area contributed by atoms with Crippen molar-refractivity contribution in [1.82, 2.24) is 9.80 Å². The number of carboxylic acid groups (broad SMARTS) is 1. The van der Waals surface area contributed by atoms with Gasteiger partial charge in [-0.3, -0.25) is 19.3 Å². The molecule has 1 aliphatic carbocycles. The number of carbonyl (C=O) groups excluding carboxylic acids is 2. The maximum absolute atomic E-state index is 15.3. The Kier molecular flexibility index (Phi) is 9.00. The van der Waals surface area contributed by atoms with Crippen LogP contribution in [-0.4, -0.2) is 77.1 Å². The number of ether oxygens (including phenoxy) is 1. The third-order valence-corrected chi connectivity index (χ3v) is 10.4. The second-order valence-electron chi connectivity index (χ2n) is 11.8. The van der Waals surface area contributed by atoms with Gasteiger partial charge in [0.15, 0.2) is 0 Å². The molecule has 2 N–H and O–H groups in total. The first-order valence-electron chi connectivity index (χ1n) is 14.9. The van der Waals surface area contributed by atoms with E-state index in [1.807, 2.05) is 29.2 Å². The van der Waals surface area contributed by atoms with E-state index in [0.717, 1.165) is 36.0 Å². The van der Waals surface area contributed by atoms with Crippen molar-refractivity contribution in [2.45, 2.75) is 63.1 Å². The molecule has 3 aliphatic rings. The van der Waals surface area contributed by atoms with Gasteiger partial charge in [0.25, 0.3) is 5.91 Å². The molecule has 3 aromatic rings. The fourth-order valence-corrected chi connectivity index (χ4v) is 7.65. The first-order valence-corrected chi connectivity index (χ1v) is 16.2. The van der Waals surface area contributed by atoms with E-state index in [4.69, 9.17) is 16.3 Å². The topological polar surface area (TPSA) is 99.2 Å². The number of hydrogen-bond donors (Lipinski definition) is 2. The molecule has 0 spiro atoms. The van der Waals surface area contributed by atoms with Crippen LogP contribution >= 0.6 is 22.9 Å². The summed E-state index contributed by atoms with van der Waals surface area (Å²) >= 11 is 7.94. The third-order valence-electron chi connectivity index (χ3n) is 9.12. The Morgan fingerprint density at radius 2 is 1.88 bits per heavy atom. The van der Waals surface area contributed by atoms with Crippen LogP contribution in [0.2, 0.25) is 5.02 Å². The summed E-state index contributed by atoms with van der Waals surface area (Å²) in [6.07, 6.45) is 4.37. The Labute approximate surface area is 258 Å². The smallest absolute Gasteiger partial charge is 0.306 e. The summed E-state index contributed by atoms with van der Waals surface area (Å²) in [7, 11) is 0. The van der Waals surface area contributed by atoms with Gasteiger partial charge >= 0.3 is 5.97 Å². The van der Waals surface area contributed by atoms with Crippen LogP contribution in [-0.2, 0) is 20.7 Å². The molecule has 8 nitrogen and oxygen atoms in total. The number of fused-ring (bicyclic) bond motifs is 1. The first kappa shape index (κ1) is 30.0. The van der Waals surface area contributed by atoms with Crippen molar-refractivity contribution in [2.75, 3.05) is 31.6 Å². The minimum atomic E-state index is -0.748. The van der Waals surface area contributed by atoms with Gasteiger partial charge < -0.3 is 20.1 Å². The van der Waals surface area contributed by atoms with Gasteiger partial charge in [-0.05, 0) is 75.4 Å². The largest absolute Gasteiger partial charge is 0.481 e. The fraction of sp³-hybridized carbons (Fsp3) is 0.469. The average Bonchev–Trinajstić information content (AvgIpc) is 3.58. The van der Waals surface area contributed by atoms with E-state index in [2.05, 4.69) is 10.2 Å². The molecule has 1 unspecified atom stereocenters. The van der Waals surface area contributed by atoms with Crippen LogP contribution in [0.5, 0.6) is 0 Å². The Hall–Kier alpha value is -3.05. The highest BCUT2D eigenvalue weighted by Crippen LogP contribution is 2.32. The van der Waals surface area contributed by atoms with E-state index >= 15 is 4.39 Å². The summed E-state index contributed by atoms with van der Waals surface area (Å²) in [5.74, 6) is -2.23. The minimum absolute atomic E-state index is 0.0123. The van der Waals surface area contributed by atoms with Gasteiger partial charge in [0.05, 0.1) is 47.4 Å². The molecule has 43 heavy (non-hydrogen) atoms. The zero-order valence-electron chi connectivity index (χ0n) is 23.8. The number of thiophene rings is 1. The number of amides is 2. The number of nitrogens with one attached hydrogen (secondary N) is 1. The number of carboxylic acids is 1. The lowest BCUT2D eigenvalue weighted by Crippen LogP contribution is -2.46. The average molecular weight is 628 g/mol. The number of likely N-dealkylation sites (tertiary alicyclic amines) is 2. The normalized spacial score (nSPS) is 24.2. The quantitative estimate of drug-likeness (QED) is 0.310. The van der Waals surface area contributed by atoms with E-state index in [0.29, 0.717) is 44.4 Å². The van der Waals surface area contributed by atoms with Crippen LogP contribution in [0.3, 0.4) is 0 Å². The predicted octanol–water partition coefficient (Wildman–Crippen LogP) is 5.82. The molecular formula is C32H35ClFN3O5S. The molecule has 1 aromatic heterocycles. The molecule has 3 heterocycles. The van der Waals surface area contributed by atoms with E-state index in [-0.39, 0.29) is 58.6 Å². The minimum Gasteiger partial charge on any atom is -0.481 e. The highest BCUT2D eigenvalue weighted by Gasteiger charge is 2.40. The molecule has 2 aliphatic heterocycles. The molecule has 228 valence electrons. The second-order valence-corrected chi connectivity index (χ2v) is 13.1. The van der Waals surface area contributed by atoms with Gasteiger partial charge in [-0.15, -0.1) is 11.3 Å². The molecule has 2 aromatic carbocycles. The summed E-state index contributed by atoms with van der Waals surface area (Å²) in [6.45, 7) is 2.97. The molecule has 2 atom stereocenters. The zero-order chi connectivity index (χ0) is 30.1. The Balaban J connectivity index is 1.11. The highest BCUT2D eigenvalue weighted by atomic mass is 35.5. The summed E-state index contributed by atoms with van der Waals surface area (Å²) in [4.78, 5) is 42.0. The lowest BCUT2D eigenvalue weighted by Gasteiger charge is -2.36. The van der Waals surface area contributed by atoms with Crippen molar-refractivity contribution in [3.63, 3.8) is 0 Å². The van der Waals surface area contributed by atoms with Gasteiger partial charge in [0, 0.05) is 28.1 Å². The SMILES string of the molecule is O=C(Nc1cc(F)c(CC(=O)N2C[C@@H](N3CCC3)CC2COC2CCC(C(=O)O)CC2)cc1Cl)c1csc2ccccc12. The van der Waals surface area contributed by atoms with Crippen LogP contribution in [0.25, 0.3) is 10.1 Å². The molecular weight excluding hydrogens is 593 g/mol. The number of rotatable bonds is 9. The van der Waals surface area contributed by atoms with E-state index in [1.165, 1.54) is 23.5 Å². The predicted molar refractivity (Wildman–Crippen MR) is 164 cm³/mol. The number of anilines is 1. The summed E-state index contributed by atoms with van der Waals surface area (Å²) in [5, 5.41) is 14.7. The van der Waals surface area contributed by atoms with Crippen molar-refractivity contribution in [3.8, 4) is 0 Å². The van der Waals surface area contributed by atoms with Crippen molar-refractivity contribution in [2.24, 2.45) is 5.92 Å². The standard InChI is InChI=1S/C32H35ClFN3O5S/c33-26-12-20(27(34)15-28(26)35-31(39)25-18-43-29-5-2-1-4-24(25)29)13-30(38)37-16-21(36-10-3-11-36)14-22(37)17-42-23-8-6-19(7-9-23)32(40)41/h1-2,4-5,12,15,18-19,21-23H,3,6-11,13-14,16-17H2,(H,35,39)(H,40,41)/t19?,21-,22?,23?/m0/s1. The van der Waals surface area contributed by atoms with Crippen molar-refractivity contribution in [3.05, 3.63) is 63.7 Å². The van der Waals surface area contributed by atoms with Gasteiger partial charge in [-0.1, -0.05) is 29.8 Å². The Morgan fingerprint density at radius 1 is 1.12 bits per heavy atom. The number of aliphatic carboxylic acids is 1. The molecule has 0 radical (unpaired) electrons. The molecule has 2 amide bonds. The molecule has 6 rings (SSSR count). The van der Waals surface area contributed by atoms with E-state index in [1.54, 1.807) is 5.38 Å². The maximum Gasteiger partial charge on any atom is 0.306 e. The van der Waals surface area contributed by atoms with Crippen LogP contribution in [0.15, 0.2) is 41.8 Å². The number of halogens is 2. The Bertz CT molecular complexity index is 1520. The summed E-state index contributed by atoms with van der Waals surface area (Å²) in [6, 6.07) is 10.3. The number of nitrogens with zero attached hydrogens (tertiary/aromatic N) is 2. The number of benzene rings is 2. The Morgan fingerprint density at radius 3 is 2.60 bits per heavy atom. The lowest BCUT2D eigenvalue weighted by molar-refractivity contribution is -0.144. The van der Waals surface area contributed by atoms with Gasteiger partial charge in [-0.2, -0.15) is 0 Å². The van der Waals surface area contributed by atoms with Crippen LogP contribution < -0.4 is 5.32 Å². The van der Waals surface area contributed by atoms with Crippen LogP contribution in [0.1, 0.15) is 54.4 Å². The molecule has 11 heteroatoms. The number of hydrogen-bond acceptors (Lipinski definition) is 6. The summed E-state index contributed by atoms with van der Waals surface area (Å²) in [5.41, 5.74) is 0.817. The van der Waals surface area contributed by atoms with Crippen molar-refractivity contribution >= 4 is 56.5 Å². The lowest BCUT2D eigenvalue weighted by atomic mass is 9.87. The van der Waals surface area contributed by atoms with Crippen molar-refractivity contribution < 1.29 is 28.6 Å². The monoisotopic (exact) mass is 627 g/mol. The van der Waals surface area contributed by atoms with Crippen LogP contribution in [0, 0.1) is 11.7 Å². The molecule has 1 saturated carbocycles. The highest BCUT2D eigenvalue weighted by molar-refractivity contribution is 7.17. The first-order chi connectivity index (χ1) is 20.8. The summed E-state index contributed by atoms with van der Waals surface area (Å²) < 4.78 is 22.5. The second kappa shape index (κ2) is 12.9. The maximum atomic E-state index is 15.3.